The molecule has 3 heteroatoms. The van der Waals surface area contributed by atoms with Crippen molar-refractivity contribution in [1.82, 2.24) is 10.3 Å². The van der Waals surface area contributed by atoms with Gasteiger partial charge in [-0.1, -0.05) is 24.3 Å². The first-order chi connectivity index (χ1) is 9.35. The number of aryl methyl sites for hydroxylation is 2. The van der Waals surface area contributed by atoms with Crippen LogP contribution in [0.15, 0.2) is 24.3 Å². The zero-order chi connectivity index (χ0) is 14.8. The molecule has 0 aliphatic carbocycles. The fourth-order valence-corrected chi connectivity index (χ4v) is 3.08. The standard InChI is InChI=1S/C17H24N2S/c1-12-8-6-7-9-14(12)10-16-19-13(2)15(20-16)11-18-17(3,4)5/h6-9,18H,10-11H2,1-5H3. The number of nitrogens with one attached hydrogen (secondary N) is 1. The minimum atomic E-state index is 0.145. The molecule has 0 aliphatic heterocycles. The van der Waals surface area contributed by atoms with Gasteiger partial charge in [-0.05, 0) is 45.7 Å². The highest BCUT2D eigenvalue weighted by Crippen LogP contribution is 2.22. The van der Waals surface area contributed by atoms with E-state index in [0.29, 0.717) is 0 Å². The number of aromatic nitrogens is 1. The second-order valence-corrected chi connectivity index (χ2v) is 7.49. The highest BCUT2D eigenvalue weighted by Gasteiger charge is 2.13. The Morgan fingerprint density at radius 1 is 1.15 bits per heavy atom. The first-order valence-corrected chi connectivity index (χ1v) is 7.91. The molecule has 0 unspecified atom stereocenters. The van der Waals surface area contributed by atoms with E-state index < -0.39 is 0 Å². The van der Waals surface area contributed by atoms with E-state index in [0.717, 1.165) is 18.7 Å². The van der Waals surface area contributed by atoms with E-state index in [1.54, 1.807) is 0 Å². The fraction of sp³-hybridized carbons (Fsp3) is 0.471. The van der Waals surface area contributed by atoms with Crippen LogP contribution in [0, 0.1) is 13.8 Å². The topological polar surface area (TPSA) is 24.9 Å². The highest BCUT2D eigenvalue weighted by molar-refractivity contribution is 7.11. The summed E-state index contributed by atoms with van der Waals surface area (Å²) in [5, 5.41) is 4.75. The van der Waals surface area contributed by atoms with Crippen LogP contribution >= 0.6 is 11.3 Å². The molecule has 0 amide bonds. The largest absolute Gasteiger partial charge is 0.307 e. The van der Waals surface area contributed by atoms with Gasteiger partial charge in [0, 0.05) is 23.4 Å². The molecule has 1 aromatic heterocycles. The minimum absolute atomic E-state index is 0.145. The number of benzene rings is 1. The maximum atomic E-state index is 4.73. The molecule has 0 saturated heterocycles. The molecule has 2 aromatic rings. The lowest BCUT2D eigenvalue weighted by Crippen LogP contribution is -2.34. The van der Waals surface area contributed by atoms with Crippen LogP contribution in [0.5, 0.6) is 0 Å². The monoisotopic (exact) mass is 288 g/mol. The molecule has 1 heterocycles. The molecule has 0 saturated carbocycles. The summed E-state index contributed by atoms with van der Waals surface area (Å²) in [6.45, 7) is 11.8. The van der Waals surface area contributed by atoms with Gasteiger partial charge in [-0.2, -0.15) is 0 Å². The average Bonchev–Trinajstić information content (AvgIpc) is 2.69. The summed E-state index contributed by atoms with van der Waals surface area (Å²) in [5.41, 5.74) is 4.02. The van der Waals surface area contributed by atoms with Crippen molar-refractivity contribution < 1.29 is 0 Å². The van der Waals surface area contributed by atoms with Crippen LogP contribution in [0.1, 0.15) is 47.5 Å². The average molecular weight is 288 g/mol. The number of hydrogen-bond donors (Lipinski definition) is 1. The molecule has 108 valence electrons. The summed E-state index contributed by atoms with van der Waals surface area (Å²) < 4.78 is 0. The zero-order valence-electron chi connectivity index (χ0n) is 13.1. The molecule has 2 rings (SSSR count). The van der Waals surface area contributed by atoms with Crippen molar-refractivity contribution in [3.05, 3.63) is 51.0 Å². The summed E-state index contributed by atoms with van der Waals surface area (Å²) in [6, 6.07) is 8.55. The van der Waals surface area contributed by atoms with E-state index >= 15 is 0 Å². The molecule has 1 N–H and O–H groups in total. The van der Waals surface area contributed by atoms with Gasteiger partial charge in [0.05, 0.1) is 10.7 Å². The third-order valence-electron chi connectivity index (χ3n) is 3.32. The van der Waals surface area contributed by atoms with Crippen molar-refractivity contribution in [3.63, 3.8) is 0 Å². The molecule has 0 aliphatic rings. The Bertz CT molecular complexity index is 579. The molecule has 0 radical (unpaired) electrons. The van der Waals surface area contributed by atoms with E-state index in [2.05, 4.69) is 64.2 Å². The van der Waals surface area contributed by atoms with E-state index in [1.807, 2.05) is 11.3 Å². The molecular formula is C17H24N2S. The fourth-order valence-electron chi connectivity index (χ4n) is 2.04. The van der Waals surface area contributed by atoms with Gasteiger partial charge in [0.2, 0.25) is 0 Å². The van der Waals surface area contributed by atoms with Crippen molar-refractivity contribution in [2.75, 3.05) is 0 Å². The van der Waals surface area contributed by atoms with E-state index in [4.69, 9.17) is 4.98 Å². The predicted molar refractivity (Wildman–Crippen MR) is 87.4 cm³/mol. The molecule has 0 fully saturated rings. The second-order valence-electron chi connectivity index (χ2n) is 6.32. The zero-order valence-corrected chi connectivity index (χ0v) is 13.9. The number of hydrogen-bond acceptors (Lipinski definition) is 3. The van der Waals surface area contributed by atoms with Crippen molar-refractivity contribution >= 4 is 11.3 Å². The first kappa shape index (κ1) is 15.2. The van der Waals surface area contributed by atoms with Crippen LogP contribution in [0.2, 0.25) is 0 Å². The van der Waals surface area contributed by atoms with E-state index in [1.165, 1.54) is 21.0 Å². The number of nitrogens with zero attached hydrogens (tertiary/aromatic N) is 1. The lowest BCUT2D eigenvalue weighted by atomic mass is 10.1. The minimum Gasteiger partial charge on any atom is -0.307 e. The van der Waals surface area contributed by atoms with Crippen LogP contribution in [0.25, 0.3) is 0 Å². The van der Waals surface area contributed by atoms with Crippen molar-refractivity contribution in [2.24, 2.45) is 0 Å². The summed E-state index contributed by atoms with van der Waals surface area (Å²) >= 11 is 1.83. The lowest BCUT2D eigenvalue weighted by molar-refractivity contribution is 0.425. The third kappa shape index (κ3) is 4.15. The summed E-state index contributed by atoms with van der Waals surface area (Å²) in [4.78, 5) is 6.08. The van der Waals surface area contributed by atoms with E-state index in [-0.39, 0.29) is 5.54 Å². The molecule has 0 atom stereocenters. The van der Waals surface area contributed by atoms with Gasteiger partial charge in [0.15, 0.2) is 0 Å². The Labute approximate surface area is 126 Å². The highest BCUT2D eigenvalue weighted by atomic mass is 32.1. The van der Waals surface area contributed by atoms with Crippen LogP contribution in [0.3, 0.4) is 0 Å². The summed E-state index contributed by atoms with van der Waals surface area (Å²) in [5.74, 6) is 0. The molecule has 0 spiro atoms. The van der Waals surface area contributed by atoms with Gasteiger partial charge in [0.1, 0.15) is 0 Å². The van der Waals surface area contributed by atoms with Gasteiger partial charge >= 0.3 is 0 Å². The van der Waals surface area contributed by atoms with Gasteiger partial charge < -0.3 is 5.32 Å². The van der Waals surface area contributed by atoms with Crippen LogP contribution in [0.4, 0.5) is 0 Å². The third-order valence-corrected chi connectivity index (χ3v) is 4.48. The molecule has 0 bridgehead atoms. The van der Waals surface area contributed by atoms with Gasteiger partial charge in [0.25, 0.3) is 0 Å². The van der Waals surface area contributed by atoms with Gasteiger partial charge in [-0.3, -0.25) is 0 Å². The predicted octanol–water partition coefficient (Wildman–Crippen LogP) is 4.24. The van der Waals surface area contributed by atoms with Gasteiger partial charge in [-0.15, -0.1) is 11.3 Å². The smallest absolute Gasteiger partial charge is 0.0975 e. The molecule has 1 aromatic carbocycles. The number of rotatable bonds is 4. The quantitative estimate of drug-likeness (QED) is 0.910. The maximum Gasteiger partial charge on any atom is 0.0975 e. The van der Waals surface area contributed by atoms with Crippen molar-refractivity contribution in [1.29, 1.82) is 0 Å². The summed E-state index contributed by atoms with van der Waals surface area (Å²) in [7, 11) is 0. The second kappa shape index (κ2) is 6.06. The number of thiazole rings is 1. The lowest BCUT2D eigenvalue weighted by Gasteiger charge is -2.19. The van der Waals surface area contributed by atoms with Crippen molar-refractivity contribution in [2.45, 2.75) is 53.1 Å². The summed E-state index contributed by atoms with van der Waals surface area (Å²) in [6.07, 6.45) is 0.938. The molecule has 2 nitrogen and oxygen atoms in total. The van der Waals surface area contributed by atoms with Gasteiger partial charge in [-0.25, -0.2) is 4.98 Å². The Hall–Kier alpha value is -1.19. The van der Waals surface area contributed by atoms with Crippen LogP contribution in [-0.2, 0) is 13.0 Å². The van der Waals surface area contributed by atoms with Crippen LogP contribution < -0.4 is 5.32 Å². The Morgan fingerprint density at radius 3 is 2.50 bits per heavy atom. The van der Waals surface area contributed by atoms with Crippen LogP contribution in [-0.4, -0.2) is 10.5 Å². The van der Waals surface area contributed by atoms with E-state index in [9.17, 15) is 0 Å². The normalized spacial score (nSPS) is 11.8. The molecule has 20 heavy (non-hydrogen) atoms. The van der Waals surface area contributed by atoms with Crippen molar-refractivity contribution in [3.8, 4) is 0 Å². The maximum absolute atomic E-state index is 4.73. The SMILES string of the molecule is Cc1ccccc1Cc1nc(C)c(CNC(C)(C)C)s1. The molecular weight excluding hydrogens is 264 g/mol. The Balaban J connectivity index is 2.09. The first-order valence-electron chi connectivity index (χ1n) is 7.10. The Morgan fingerprint density at radius 2 is 1.85 bits per heavy atom. The Kier molecular flexibility index (Phi) is 4.61.